The van der Waals surface area contributed by atoms with Crippen LogP contribution in [0.15, 0.2) is 60.7 Å². The van der Waals surface area contributed by atoms with Crippen molar-refractivity contribution in [2.45, 2.75) is 56.6 Å². The van der Waals surface area contributed by atoms with E-state index in [2.05, 4.69) is 5.32 Å². The number of fused-ring (bicyclic) bond motifs is 3. The lowest BCUT2D eigenvalue weighted by Gasteiger charge is -2.39. The third kappa shape index (κ3) is 3.43. The third-order valence-corrected chi connectivity index (χ3v) is 5.33. The van der Waals surface area contributed by atoms with E-state index < -0.39 is 18.4 Å². The van der Waals surface area contributed by atoms with Gasteiger partial charge in [0.1, 0.15) is 24.4 Å². The van der Waals surface area contributed by atoms with E-state index in [-0.39, 0.29) is 24.4 Å². The molecule has 0 aliphatic carbocycles. The summed E-state index contributed by atoms with van der Waals surface area (Å²) in [5.41, 5.74) is 2.02. The first-order valence-electron chi connectivity index (χ1n) is 9.75. The number of hydrogen-bond donors (Lipinski definition) is 1. The lowest BCUT2D eigenvalue weighted by atomic mass is 10.0. The summed E-state index contributed by atoms with van der Waals surface area (Å²) in [6.07, 6.45) is -1.91. The molecule has 0 amide bonds. The molecule has 2 aromatic carbocycles. The summed E-state index contributed by atoms with van der Waals surface area (Å²) >= 11 is 0. The van der Waals surface area contributed by atoms with Crippen LogP contribution < -0.4 is 5.32 Å². The van der Waals surface area contributed by atoms with Crippen molar-refractivity contribution in [3.8, 4) is 0 Å². The van der Waals surface area contributed by atoms with Gasteiger partial charge in [-0.2, -0.15) is 0 Å². The Bertz CT molecular complexity index is 799. The van der Waals surface area contributed by atoms with Crippen molar-refractivity contribution in [2.24, 2.45) is 0 Å². The smallest absolute Gasteiger partial charge is 0.190 e. The van der Waals surface area contributed by atoms with Gasteiger partial charge in [0.25, 0.3) is 0 Å². The van der Waals surface area contributed by atoms with Crippen LogP contribution >= 0.6 is 0 Å². The molecule has 3 aliphatic heterocycles. The van der Waals surface area contributed by atoms with E-state index in [9.17, 15) is 0 Å². The van der Waals surface area contributed by atoms with E-state index in [4.69, 9.17) is 23.7 Å². The summed E-state index contributed by atoms with van der Waals surface area (Å²) in [6, 6.07) is 20.0. The maximum absolute atomic E-state index is 6.31. The Labute approximate surface area is 164 Å². The van der Waals surface area contributed by atoms with Gasteiger partial charge in [0.05, 0.1) is 0 Å². The van der Waals surface area contributed by atoms with Gasteiger partial charge in [0, 0.05) is 17.8 Å². The molecule has 0 aromatic heterocycles. The Balaban J connectivity index is 1.38. The number of hydrogen-bond acceptors (Lipinski definition) is 6. The molecule has 3 saturated heterocycles. The normalized spacial score (nSPS) is 35.9. The van der Waals surface area contributed by atoms with Gasteiger partial charge in [-0.25, -0.2) is 0 Å². The second kappa shape index (κ2) is 7.13. The maximum Gasteiger partial charge on any atom is 0.190 e. The summed E-state index contributed by atoms with van der Waals surface area (Å²) in [7, 11) is 0. The Hall–Kier alpha value is -1.96. The molecule has 0 bridgehead atoms. The standard InChI is InChI=1S/C22H25NO5/c1-22(2)27-19-18-17(25-21(19)28-22)16(13-23-15-11-7-4-8-12-15)24-20(26-18)14-9-5-3-6-10-14/h3-12,16-21,23H,13H2,1-2H3. The van der Waals surface area contributed by atoms with Crippen molar-refractivity contribution in [3.05, 3.63) is 66.2 Å². The number of ether oxygens (including phenoxy) is 5. The van der Waals surface area contributed by atoms with E-state index in [1.54, 1.807) is 0 Å². The molecule has 148 valence electrons. The Morgan fingerprint density at radius 1 is 0.786 bits per heavy atom. The summed E-state index contributed by atoms with van der Waals surface area (Å²) in [6.45, 7) is 4.39. The molecule has 1 N–H and O–H groups in total. The van der Waals surface area contributed by atoms with Crippen molar-refractivity contribution >= 4 is 5.69 Å². The molecule has 6 atom stereocenters. The topological polar surface area (TPSA) is 58.2 Å². The van der Waals surface area contributed by atoms with Crippen LogP contribution in [0.3, 0.4) is 0 Å². The highest BCUT2D eigenvalue weighted by atomic mass is 16.9. The van der Waals surface area contributed by atoms with Crippen molar-refractivity contribution in [1.82, 2.24) is 0 Å². The summed E-state index contributed by atoms with van der Waals surface area (Å²) in [5.74, 6) is -0.679. The molecule has 0 saturated carbocycles. The summed E-state index contributed by atoms with van der Waals surface area (Å²) in [5, 5.41) is 3.44. The number of nitrogens with one attached hydrogen (secondary N) is 1. The van der Waals surface area contributed by atoms with Gasteiger partial charge < -0.3 is 29.0 Å². The minimum absolute atomic E-state index is 0.204. The average Bonchev–Trinajstić information content (AvgIpc) is 3.19. The average molecular weight is 383 g/mol. The van der Waals surface area contributed by atoms with E-state index in [0.717, 1.165) is 11.3 Å². The van der Waals surface area contributed by atoms with Gasteiger partial charge >= 0.3 is 0 Å². The number of benzene rings is 2. The van der Waals surface area contributed by atoms with Crippen molar-refractivity contribution in [2.75, 3.05) is 11.9 Å². The second-order valence-corrected chi connectivity index (χ2v) is 7.83. The highest BCUT2D eigenvalue weighted by Crippen LogP contribution is 2.44. The molecular formula is C22H25NO5. The van der Waals surface area contributed by atoms with Gasteiger partial charge in [-0.15, -0.1) is 0 Å². The fraction of sp³-hybridized carbons (Fsp3) is 0.455. The van der Waals surface area contributed by atoms with Crippen molar-refractivity contribution in [1.29, 1.82) is 0 Å². The zero-order chi connectivity index (χ0) is 19.1. The highest BCUT2D eigenvalue weighted by molar-refractivity contribution is 5.42. The molecule has 0 radical (unpaired) electrons. The van der Waals surface area contributed by atoms with Crippen LogP contribution in [-0.2, 0) is 23.7 Å². The van der Waals surface area contributed by atoms with E-state index >= 15 is 0 Å². The molecule has 6 nitrogen and oxygen atoms in total. The second-order valence-electron chi connectivity index (χ2n) is 7.83. The predicted molar refractivity (Wildman–Crippen MR) is 103 cm³/mol. The third-order valence-electron chi connectivity index (χ3n) is 5.33. The van der Waals surface area contributed by atoms with Gasteiger partial charge in [0.2, 0.25) is 0 Å². The van der Waals surface area contributed by atoms with Gasteiger partial charge in [0.15, 0.2) is 18.4 Å². The van der Waals surface area contributed by atoms with Crippen LogP contribution in [0.25, 0.3) is 0 Å². The molecule has 6 heteroatoms. The Kier molecular flexibility index (Phi) is 4.61. The number of para-hydroxylation sites is 1. The lowest BCUT2D eigenvalue weighted by Crippen LogP contribution is -2.51. The fourth-order valence-electron chi connectivity index (χ4n) is 4.08. The van der Waals surface area contributed by atoms with Crippen LogP contribution in [-0.4, -0.2) is 43.0 Å². The summed E-state index contributed by atoms with van der Waals surface area (Å²) in [4.78, 5) is 0. The van der Waals surface area contributed by atoms with Gasteiger partial charge in [-0.1, -0.05) is 48.5 Å². The molecule has 6 unspecified atom stereocenters. The number of rotatable bonds is 4. The molecule has 0 spiro atoms. The molecule has 28 heavy (non-hydrogen) atoms. The molecule has 3 heterocycles. The van der Waals surface area contributed by atoms with Crippen LogP contribution in [0.2, 0.25) is 0 Å². The molecule has 2 aromatic rings. The van der Waals surface area contributed by atoms with E-state index in [1.807, 2.05) is 74.5 Å². The SMILES string of the molecule is CC1(C)OC2OC3C(CNc4ccccc4)OC(c4ccccc4)OC3C2O1. The Morgan fingerprint density at radius 3 is 2.25 bits per heavy atom. The van der Waals surface area contributed by atoms with Crippen molar-refractivity contribution in [3.63, 3.8) is 0 Å². The van der Waals surface area contributed by atoms with Crippen molar-refractivity contribution < 1.29 is 23.7 Å². The maximum atomic E-state index is 6.31. The highest BCUT2D eigenvalue weighted by Gasteiger charge is 2.60. The monoisotopic (exact) mass is 383 g/mol. The van der Waals surface area contributed by atoms with Crippen LogP contribution in [0.1, 0.15) is 25.7 Å². The Morgan fingerprint density at radius 2 is 1.50 bits per heavy atom. The van der Waals surface area contributed by atoms with E-state index in [0.29, 0.717) is 6.54 Å². The molecular weight excluding hydrogens is 358 g/mol. The van der Waals surface area contributed by atoms with Gasteiger partial charge in [-0.3, -0.25) is 0 Å². The summed E-state index contributed by atoms with van der Waals surface area (Å²) < 4.78 is 30.8. The zero-order valence-electron chi connectivity index (χ0n) is 16.0. The lowest BCUT2D eigenvalue weighted by molar-refractivity contribution is -0.307. The zero-order valence-corrected chi connectivity index (χ0v) is 16.0. The van der Waals surface area contributed by atoms with E-state index in [1.165, 1.54) is 0 Å². The molecule has 3 aliphatic rings. The fourth-order valence-corrected chi connectivity index (χ4v) is 4.08. The largest absolute Gasteiger partial charge is 0.382 e. The van der Waals surface area contributed by atoms with Crippen LogP contribution in [0.5, 0.6) is 0 Å². The quantitative estimate of drug-likeness (QED) is 0.873. The predicted octanol–water partition coefficient (Wildman–Crippen LogP) is 3.46. The van der Waals surface area contributed by atoms with Crippen LogP contribution in [0, 0.1) is 0 Å². The molecule has 5 rings (SSSR count). The molecule has 3 fully saturated rings. The minimum Gasteiger partial charge on any atom is -0.382 e. The van der Waals surface area contributed by atoms with Crippen LogP contribution in [0.4, 0.5) is 5.69 Å². The van der Waals surface area contributed by atoms with Gasteiger partial charge in [-0.05, 0) is 26.0 Å². The number of anilines is 1. The first-order valence-corrected chi connectivity index (χ1v) is 9.75. The first-order chi connectivity index (χ1) is 13.6. The minimum atomic E-state index is -0.679. The first kappa shape index (κ1) is 18.1.